The smallest absolute Gasteiger partial charge is 0.320 e. The van der Waals surface area contributed by atoms with Crippen LogP contribution in [0.4, 0.5) is 5.69 Å². The molecule has 1 rings (SSSR count). The molecule has 0 aliphatic rings. The molecule has 19 heavy (non-hydrogen) atoms. The number of anilines is 1. The minimum Gasteiger partial charge on any atom is -0.465 e. The van der Waals surface area contributed by atoms with Crippen LogP contribution in [-0.4, -0.2) is 33.5 Å². The average molecular weight is 285 g/mol. The van der Waals surface area contributed by atoms with Crippen LogP contribution in [0.15, 0.2) is 24.3 Å². The maximum atomic E-state index is 11.6. The molecule has 6 nitrogen and oxygen atoms in total. The predicted molar refractivity (Wildman–Crippen MR) is 70.3 cm³/mol. The maximum Gasteiger partial charge on any atom is 0.320 e. The molecule has 0 aromatic heterocycles. The van der Waals surface area contributed by atoms with Gasteiger partial charge in [-0.1, -0.05) is 12.1 Å². The Morgan fingerprint density at radius 1 is 1.47 bits per heavy atom. The number of benzene rings is 1. The summed E-state index contributed by atoms with van der Waals surface area (Å²) in [5, 5.41) is 0. The summed E-state index contributed by atoms with van der Waals surface area (Å²) < 4.78 is 29.3. The molecule has 0 bridgehead atoms. The van der Waals surface area contributed by atoms with Gasteiger partial charge in [-0.3, -0.25) is 9.52 Å². The molecule has 0 aliphatic carbocycles. The standard InChI is InChI=1S/C12H15NO5S/c1-3-18-12(15)11(8-14)9-5-4-6-10(7-9)13-19(2,16)17/h4-8,11,13H,3H2,1-2H3. The van der Waals surface area contributed by atoms with Gasteiger partial charge in [0.2, 0.25) is 10.0 Å². The first kappa shape index (κ1) is 15.2. The lowest BCUT2D eigenvalue weighted by molar-refractivity contribution is -0.146. The van der Waals surface area contributed by atoms with E-state index in [4.69, 9.17) is 4.74 Å². The van der Waals surface area contributed by atoms with E-state index < -0.39 is 21.9 Å². The third-order valence-electron chi connectivity index (χ3n) is 2.23. The zero-order valence-corrected chi connectivity index (χ0v) is 11.4. The monoisotopic (exact) mass is 285 g/mol. The second-order valence-corrected chi connectivity index (χ2v) is 5.61. The van der Waals surface area contributed by atoms with Crippen LogP contribution < -0.4 is 4.72 Å². The fraction of sp³-hybridized carbons (Fsp3) is 0.333. The Morgan fingerprint density at radius 3 is 2.68 bits per heavy atom. The molecule has 1 aromatic rings. The lowest BCUT2D eigenvalue weighted by Crippen LogP contribution is -2.17. The molecule has 0 spiro atoms. The Hall–Kier alpha value is -1.89. The van der Waals surface area contributed by atoms with E-state index in [-0.39, 0.29) is 12.3 Å². The molecule has 0 fully saturated rings. The fourth-order valence-corrected chi connectivity index (χ4v) is 2.07. The van der Waals surface area contributed by atoms with E-state index in [2.05, 4.69) is 4.72 Å². The first-order valence-corrected chi connectivity index (χ1v) is 7.46. The highest BCUT2D eigenvalue weighted by atomic mass is 32.2. The van der Waals surface area contributed by atoms with E-state index in [0.29, 0.717) is 11.8 Å². The van der Waals surface area contributed by atoms with Crippen molar-refractivity contribution in [2.75, 3.05) is 17.6 Å². The number of aldehydes is 1. The molecule has 7 heteroatoms. The molecule has 0 aliphatic heterocycles. The number of rotatable bonds is 6. The molecular formula is C12H15NO5S. The van der Waals surface area contributed by atoms with Gasteiger partial charge in [0.05, 0.1) is 12.9 Å². The van der Waals surface area contributed by atoms with Crippen molar-refractivity contribution in [3.05, 3.63) is 29.8 Å². The third kappa shape index (κ3) is 4.70. The lowest BCUT2D eigenvalue weighted by atomic mass is 10.0. The normalized spacial score (nSPS) is 12.5. The zero-order valence-electron chi connectivity index (χ0n) is 10.6. The van der Waals surface area contributed by atoms with E-state index in [0.717, 1.165) is 6.26 Å². The number of sulfonamides is 1. The van der Waals surface area contributed by atoms with E-state index >= 15 is 0 Å². The Morgan fingerprint density at radius 2 is 2.16 bits per heavy atom. The summed E-state index contributed by atoms with van der Waals surface area (Å²) in [6.45, 7) is 1.81. The van der Waals surface area contributed by atoms with Crippen molar-refractivity contribution < 1.29 is 22.7 Å². The Balaban J connectivity index is 3.03. The summed E-state index contributed by atoms with van der Waals surface area (Å²) in [7, 11) is -3.41. The number of carbonyl (C=O) groups is 2. The van der Waals surface area contributed by atoms with Crippen molar-refractivity contribution >= 4 is 28.0 Å². The van der Waals surface area contributed by atoms with Gasteiger partial charge in [-0.2, -0.15) is 0 Å². The number of hydrogen-bond acceptors (Lipinski definition) is 5. The van der Waals surface area contributed by atoms with Gasteiger partial charge in [-0.15, -0.1) is 0 Å². The molecule has 0 saturated heterocycles. The first-order valence-electron chi connectivity index (χ1n) is 5.57. The predicted octanol–water partition coefficient (Wildman–Crippen LogP) is 0.904. The van der Waals surface area contributed by atoms with Crippen LogP contribution in [0.3, 0.4) is 0 Å². The van der Waals surface area contributed by atoms with Crippen LogP contribution in [0.5, 0.6) is 0 Å². The summed E-state index contributed by atoms with van der Waals surface area (Å²) >= 11 is 0. The van der Waals surface area contributed by atoms with Crippen molar-refractivity contribution in [1.82, 2.24) is 0 Å². The van der Waals surface area contributed by atoms with Crippen LogP contribution in [0.2, 0.25) is 0 Å². The van der Waals surface area contributed by atoms with Gasteiger partial charge in [0, 0.05) is 5.69 Å². The second kappa shape index (κ2) is 6.33. The van der Waals surface area contributed by atoms with Gasteiger partial charge in [0.25, 0.3) is 0 Å². The summed E-state index contributed by atoms with van der Waals surface area (Å²) in [5.41, 5.74) is 0.665. The summed E-state index contributed by atoms with van der Waals surface area (Å²) in [6, 6.07) is 6.07. The van der Waals surface area contributed by atoms with Gasteiger partial charge in [0.15, 0.2) is 0 Å². The SMILES string of the molecule is CCOC(=O)C(C=O)c1cccc(NS(C)(=O)=O)c1. The van der Waals surface area contributed by atoms with E-state index in [1.165, 1.54) is 12.1 Å². The van der Waals surface area contributed by atoms with Crippen LogP contribution in [0.1, 0.15) is 18.4 Å². The topological polar surface area (TPSA) is 89.5 Å². The molecule has 0 heterocycles. The molecule has 1 atom stereocenters. The van der Waals surface area contributed by atoms with Crippen LogP contribution in [0.25, 0.3) is 0 Å². The molecule has 104 valence electrons. The number of esters is 1. The molecular weight excluding hydrogens is 270 g/mol. The van der Waals surface area contributed by atoms with Gasteiger partial charge < -0.3 is 9.53 Å². The lowest BCUT2D eigenvalue weighted by Gasteiger charge is -2.11. The molecule has 0 saturated carbocycles. The maximum absolute atomic E-state index is 11.6. The third-order valence-corrected chi connectivity index (χ3v) is 2.83. The van der Waals surface area contributed by atoms with Crippen molar-refractivity contribution in [2.24, 2.45) is 0 Å². The van der Waals surface area contributed by atoms with E-state index in [1.807, 2.05) is 0 Å². The highest BCUT2D eigenvalue weighted by Gasteiger charge is 2.21. The Bertz CT molecular complexity index is 567. The highest BCUT2D eigenvalue weighted by molar-refractivity contribution is 7.92. The molecule has 1 aromatic carbocycles. The van der Waals surface area contributed by atoms with Gasteiger partial charge in [0.1, 0.15) is 12.2 Å². The van der Waals surface area contributed by atoms with Crippen molar-refractivity contribution in [3.8, 4) is 0 Å². The molecule has 0 radical (unpaired) electrons. The number of ether oxygens (including phenoxy) is 1. The van der Waals surface area contributed by atoms with Crippen molar-refractivity contribution in [1.29, 1.82) is 0 Å². The number of nitrogens with one attached hydrogen (secondary N) is 1. The first-order chi connectivity index (χ1) is 8.87. The van der Waals surface area contributed by atoms with E-state index in [9.17, 15) is 18.0 Å². The highest BCUT2D eigenvalue weighted by Crippen LogP contribution is 2.20. The second-order valence-electron chi connectivity index (χ2n) is 3.87. The van der Waals surface area contributed by atoms with Gasteiger partial charge >= 0.3 is 5.97 Å². The average Bonchev–Trinajstić information content (AvgIpc) is 2.28. The minimum atomic E-state index is -3.41. The molecule has 0 amide bonds. The quantitative estimate of drug-likeness (QED) is 0.476. The van der Waals surface area contributed by atoms with Crippen molar-refractivity contribution in [3.63, 3.8) is 0 Å². The van der Waals surface area contributed by atoms with Crippen LogP contribution in [-0.2, 0) is 24.3 Å². The minimum absolute atomic E-state index is 0.171. The Kier molecular flexibility index (Phi) is 5.05. The molecule has 1 unspecified atom stereocenters. The molecule has 1 N–H and O–H groups in total. The fourth-order valence-electron chi connectivity index (χ4n) is 1.51. The van der Waals surface area contributed by atoms with Crippen molar-refractivity contribution in [2.45, 2.75) is 12.8 Å². The van der Waals surface area contributed by atoms with Gasteiger partial charge in [-0.05, 0) is 24.6 Å². The van der Waals surface area contributed by atoms with Crippen LogP contribution >= 0.6 is 0 Å². The van der Waals surface area contributed by atoms with Gasteiger partial charge in [-0.25, -0.2) is 8.42 Å². The Labute approximate surface area is 111 Å². The number of carbonyl (C=O) groups excluding carboxylic acids is 2. The van der Waals surface area contributed by atoms with E-state index in [1.54, 1.807) is 19.1 Å². The summed E-state index contributed by atoms with van der Waals surface area (Å²) in [4.78, 5) is 22.6. The van der Waals surface area contributed by atoms with Crippen LogP contribution in [0, 0.1) is 0 Å². The zero-order chi connectivity index (χ0) is 14.5. The summed E-state index contributed by atoms with van der Waals surface area (Å²) in [5.74, 6) is -1.71. The summed E-state index contributed by atoms with van der Waals surface area (Å²) in [6.07, 6.45) is 1.49. The largest absolute Gasteiger partial charge is 0.465 e. The number of hydrogen-bond donors (Lipinski definition) is 1.